The number of rotatable bonds is 2. The van der Waals surface area contributed by atoms with Gasteiger partial charge in [-0.05, 0) is 59.2 Å². The molecular formula is C14H20BrN. The number of para-hydroxylation sites is 1. The van der Waals surface area contributed by atoms with Gasteiger partial charge in [0, 0.05) is 16.2 Å². The second-order valence-corrected chi connectivity index (χ2v) is 5.94. The summed E-state index contributed by atoms with van der Waals surface area (Å²) in [4.78, 5) is 0. The molecule has 1 fully saturated rings. The van der Waals surface area contributed by atoms with E-state index in [9.17, 15) is 0 Å². The van der Waals surface area contributed by atoms with E-state index in [2.05, 4.69) is 59.4 Å². The highest BCUT2D eigenvalue weighted by Crippen LogP contribution is 2.32. The second-order valence-electron chi connectivity index (χ2n) is 5.09. The minimum Gasteiger partial charge on any atom is -0.381 e. The second kappa shape index (κ2) is 5.22. The molecule has 0 heterocycles. The van der Waals surface area contributed by atoms with Crippen molar-refractivity contribution in [2.24, 2.45) is 11.8 Å². The summed E-state index contributed by atoms with van der Waals surface area (Å²) < 4.78 is 1.17. The Hall–Kier alpha value is -0.500. The molecule has 2 heteroatoms. The van der Waals surface area contributed by atoms with E-state index in [1.54, 1.807) is 0 Å². The van der Waals surface area contributed by atoms with E-state index in [4.69, 9.17) is 0 Å². The number of hydrogen-bond donors (Lipinski definition) is 1. The van der Waals surface area contributed by atoms with Gasteiger partial charge in [-0.1, -0.05) is 26.0 Å². The van der Waals surface area contributed by atoms with Crippen LogP contribution in [0, 0.1) is 11.8 Å². The summed E-state index contributed by atoms with van der Waals surface area (Å²) in [6.45, 7) is 4.75. The van der Waals surface area contributed by atoms with Gasteiger partial charge in [0.2, 0.25) is 0 Å². The summed E-state index contributed by atoms with van der Waals surface area (Å²) in [7, 11) is 0. The molecule has 88 valence electrons. The van der Waals surface area contributed by atoms with Crippen LogP contribution in [0.3, 0.4) is 0 Å². The van der Waals surface area contributed by atoms with Gasteiger partial charge in [-0.2, -0.15) is 0 Å². The molecule has 0 spiro atoms. The number of halogens is 1. The molecule has 3 atom stereocenters. The van der Waals surface area contributed by atoms with E-state index in [-0.39, 0.29) is 0 Å². The first-order valence-corrected chi connectivity index (χ1v) is 6.97. The molecule has 0 aromatic heterocycles. The fraction of sp³-hybridized carbons (Fsp3) is 0.571. The average molecular weight is 282 g/mol. The molecule has 1 aromatic rings. The van der Waals surface area contributed by atoms with Crippen LogP contribution >= 0.6 is 15.9 Å². The quantitative estimate of drug-likeness (QED) is 0.830. The lowest BCUT2D eigenvalue weighted by molar-refractivity contribution is 0.261. The van der Waals surface area contributed by atoms with Crippen LogP contribution in [0.2, 0.25) is 0 Å². The van der Waals surface area contributed by atoms with Crippen LogP contribution in [-0.4, -0.2) is 6.04 Å². The highest BCUT2D eigenvalue weighted by Gasteiger charge is 2.24. The maximum atomic E-state index is 3.65. The Labute approximate surface area is 107 Å². The van der Waals surface area contributed by atoms with Crippen molar-refractivity contribution >= 4 is 21.6 Å². The van der Waals surface area contributed by atoms with Gasteiger partial charge in [0.25, 0.3) is 0 Å². The molecule has 0 amide bonds. The molecule has 3 unspecified atom stereocenters. The molecule has 1 aliphatic rings. The topological polar surface area (TPSA) is 12.0 Å². The number of benzene rings is 1. The van der Waals surface area contributed by atoms with Crippen LogP contribution in [0.4, 0.5) is 5.69 Å². The lowest BCUT2D eigenvalue weighted by atomic mass is 9.79. The molecule has 1 nitrogen and oxygen atoms in total. The van der Waals surface area contributed by atoms with Crippen LogP contribution < -0.4 is 5.32 Å². The Balaban J connectivity index is 1.98. The van der Waals surface area contributed by atoms with E-state index in [0.717, 1.165) is 11.8 Å². The van der Waals surface area contributed by atoms with Crippen molar-refractivity contribution in [2.45, 2.75) is 39.2 Å². The van der Waals surface area contributed by atoms with Crippen LogP contribution in [-0.2, 0) is 0 Å². The number of nitrogens with one attached hydrogen (secondary N) is 1. The molecule has 1 aromatic carbocycles. The lowest BCUT2D eigenvalue weighted by Crippen LogP contribution is -2.30. The Kier molecular flexibility index (Phi) is 3.91. The molecule has 1 N–H and O–H groups in total. The van der Waals surface area contributed by atoms with Gasteiger partial charge in [-0.25, -0.2) is 0 Å². The smallest absolute Gasteiger partial charge is 0.0486 e. The summed E-state index contributed by atoms with van der Waals surface area (Å²) in [5.41, 5.74) is 1.23. The third-order valence-corrected chi connectivity index (χ3v) is 4.52. The highest BCUT2D eigenvalue weighted by atomic mass is 79.9. The zero-order valence-corrected chi connectivity index (χ0v) is 11.6. The molecule has 2 rings (SSSR count). The summed E-state index contributed by atoms with van der Waals surface area (Å²) in [5, 5.41) is 3.65. The average Bonchev–Trinajstić information content (AvgIpc) is 2.27. The maximum absolute atomic E-state index is 3.65. The third kappa shape index (κ3) is 2.79. The fourth-order valence-corrected chi connectivity index (χ4v) is 2.88. The van der Waals surface area contributed by atoms with Gasteiger partial charge in [-0.15, -0.1) is 0 Å². The first-order chi connectivity index (χ1) is 7.66. The molecule has 0 bridgehead atoms. The van der Waals surface area contributed by atoms with Crippen molar-refractivity contribution in [3.05, 3.63) is 28.7 Å². The standard InChI is InChI=1S/C14H20BrN/c1-10-7-8-12(9-11(10)2)16-14-6-4-3-5-13(14)15/h3-6,10-12,16H,7-9H2,1-2H3. The molecule has 0 saturated heterocycles. The van der Waals surface area contributed by atoms with Crippen LogP contribution in [0.25, 0.3) is 0 Å². The first kappa shape index (κ1) is 12.0. The van der Waals surface area contributed by atoms with Crippen molar-refractivity contribution in [1.82, 2.24) is 0 Å². The van der Waals surface area contributed by atoms with Crippen molar-refractivity contribution in [3.63, 3.8) is 0 Å². The Morgan fingerprint density at radius 3 is 2.56 bits per heavy atom. The predicted molar refractivity (Wildman–Crippen MR) is 73.7 cm³/mol. The zero-order chi connectivity index (χ0) is 11.5. The van der Waals surface area contributed by atoms with Gasteiger partial charge in [-0.3, -0.25) is 0 Å². The molecule has 1 saturated carbocycles. The van der Waals surface area contributed by atoms with E-state index in [1.165, 1.54) is 29.4 Å². The monoisotopic (exact) mass is 281 g/mol. The van der Waals surface area contributed by atoms with Gasteiger partial charge >= 0.3 is 0 Å². The highest BCUT2D eigenvalue weighted by molar-refractivity contribution is 9.10. The molecule has 1 aliphatic carbocycles. The van der Waals surface area contributed by atoms with Gasteiger partial charge < -0.3 is 5.32 Å². The van der Waals surface area contributed by atoms with Crippen molar-refractivity contribution in [3.8, 4) is 0 Å². The molecule has 0 aliphatic heterocycles. The van der Waals surface area contributed by atoms with Crippen molar-refractivity contribution in [1.29, 1.82) is 0 Å². The van der Waals surface area contributed by atoms with Crippen LogP contribution in [0.15, 0.2) is 28.7 Å². The minimum absolute atomic E-state index is 0.643. The van der Waals surface area contributed by atoms with Gasteiger partial charge in [0.15, 0.2) is 0 Å². The van der Waals surface area contributed by atoms with Crippen LogP contribution in [0.1, 0.15) is 33.1 Å². The van der Waals surface area contributed by atoms with Crippen molar-refractivity contribution < 1.29 is 0 Å². The maximum Gasteiger partial charge on any atom is 0.0486 e. The Morgan fingerprint density at radius 2 is 1.88 bits per heavy atom. The summed E-state index contributed by atoms with van der Waals surface area (Å²) in [6.07, 6.45) is 3.94. The summed E-state index contributed by atoms with van der Waals surface area (Å²) in [5.74, 6) is 1.73. The minimum atomic E-state index is 0.643. The first-order valence-electron chi connectivity index (χ1n) is 6.18. The van der Waals surface area contributed by atoms with Gasteiger partial charge in [0.1, 0.15) is 0 Å². The summed E-state index contributed by atoms with van der Waals surface area (Å²) >= 11 is 3.59. The lowest BCUT2D eigenvalue weighted by Gasteiger charge is -2.33. The Morgan fingerprint density at radius 1 is 1.12 bits per heavy atom. The Bertz CT molecular complexity index is 350. The SMILES string of the molecule is CC1CCC(Nc2ccccc2Br)CC1C. The predicted octanol–water partition coefficient (Wildman–Crippen LogP) is 4.69. The normalized spacial score (nSPS) is 30.1. The van der Waals surface area contributed by atoms with Crippen LogP contribution in [0.5, 0.6) is 0 Å². The summed E-state index contributed by atoms with van der Waals surface area (Å²) in [6, 6.07) is 9.03. The largest absolute Gasteiger partial charge is 0.381 e. The van der Waals surface area contributed by atoms with E-state index >= 15 is 0 Å². The van der Waals surface area contributed by atoms with Crippen molar-refractivity contribution in [2.75, 3.05) is 5.32 Å². The van der Waals surface area contributed by atoms with E-state index < -0.39 is 0 Å². The number of hydrogen-bond acceptors (Lipinski definition) is 1. The molecule has 16 heavy (non-hydrogen) atoms. The third-order valence-electron chi connectivity index (χ3n) is 3.83. The van der Waals surface area contributed by atoms with E-state index in [1.807, 2.05) is 0 Å². The van der Waals surface area contributed by atoms with E-state index in [0.29, 0.717) is 6.04 Å². The molecular weight excluding hydrogens is 262 g/mol. The zero-order valence-electron chi connectivity index (χ0n) is 10.0. The number of anilines is 1. The van der Waals surface area contributed by atoms with Gasteiger partial charge in [0.05, 0.1) is 0 Å². The molecule has 0 radical (unpaired) electrons. The fourth-order valence-electron chi connectivity index (χ4n) is 2.48.